The molecule has 2 rings (SSSR count). The molecule has 19 heavy (non-hydrogen) atoms. The van der Waals surface area contributed by atoms with E-state index in [9.17, 15) is 0 Å². The van der Waals surface area contributed by atoms with E-state index < -0.39 is 0 Å². The van der Waals surface area contributed by atoms with E-state index in [0.29, 0.717) is 6.54 Å². The molecule has 106 valence electrons. The van der Waals surface area contributed by atoms with Crippen molar-refractivity contribution in [2.45, 2.75) is 32.2 Å². The molecule has 1 heterocycles. The summed E-state index contributed by atoms with van der Waals surface area (Å²) in [5.74, 6) is 0. The Balaban J connectivity index is 2.08. The molecule has 3 nitrogen and oxygen atoms in total. The van der Waals surface area contributed by atoms with E-state index in [1.54, 1.807) is 0 Å². The van der Waals surface area contributed by atoms with E-state index in [1.165, 1.54) is 0 Å². The van der Waals surface area contributed by atoms with Crippen molar-refractivity contribution >= 4 is 17.3 Å². The molecule has 0 aromatic heterocycles. The summed E-state index contributed by atoms with van der Waals surface area (Å²) in [6.45, 7) is 8.24. The van der Waals surface area contributed by atoms with E-state index >= 15 is 0 Å². The van der Waals surface area contributed by atoms with Crippen molar-refractivity contribution in [1.29, 1.82) is 0 Å². The molecule has 1 saturated heterocycles. The quantitative estimate of drug-likeness (QED) is 0.892. The number of likely N-dealkylation sites (tertiary alicyclic amines) is 1. The SMILES string of the molecule is CCN1CCC(CN)(Nc2ccc(C)c(Cl)c2)CC1. The highest BCUT2D eigenvalue weighted by Gasteiger charge is 2.32. The average Bonchev–Trinajstić information content (AvgIpc) is 2.44. The second-order valence-corrected chi connectivity index (χ2v) is 5.91. The molecule has 0 saturated carbocycles. The highest BCUT2D eigenvalue weighted by molar-refractivity contribution is 6.31. The summed E-state index contributed by atoms with van der Waals surface area (Å²) < 4.78 is 0. The number of hydrogen-bond acceptors (Lipinski definition) is 3. The van der Waals surface area contributed by atoms with Crippen LogP contribution in [0.15, 0.2) is 18.2 Å². The largest absolute Gasteiger partial charge is 0.378 e. The first-order valence-corrected chi connectivity index (χ1v) is 7.43. The standard InChI is InChI=1S/C15H24ClN3/c1-3-19-8-6-15(11-17,7-9-19)18-13-5-4-12(2)14(16)10-13/h4-5,10,18H,3,6-9,11,17H2,1-2H3. The average molecular weight is 282 g/mol. The summed E-state index contributed by atoms with van der Waals surface area (Å²) in [4.78, 5) is 2.47. The molecule has 1 fully saturated rings. The Morgan fingerprint density at radius 3 is 2.58 bits per heavy atom. The van der Waals surface area contributed by atoms with Crippen LogP contribution in [0.2, 0.25) is 5.02 Å². The zero-order chi connectivity index (χ0) is 13.9. The van der Waals surface area contributed by atoms with Crippen molar-refractivity contribution in [2.75, 3.05) is 31.5 Å². The lowest BCUT2D eigenvalue weighted by Crippen LogP contribution is -2.53. The third-order valence-corrected chi connectivity index (χ3v) is 4.64. The second kappa shape index (κ2) is 6.12. The summed E-state index contributed by atoms with van der Waals surface area (Å²) in [5, 5.41) is 4.43. The number of anilines is 1. The fourth-order valence-electron chi connectivity index (χ4n) is 2.65. The van der Waals surface area contributed by atoms with E-state index in [4.69, 9.17) is 17.3 Å². The lowest BCUT2D eigenvalue weighted by Gasteiger charge is -2.42. The predicted octanol–water partition coefficient (Wildman–Crippen LogP) is 2.87. The summed E-state index contributed by atoms with van der Waals surface area (Å²) in [7, 11) is 0. The topological polar surface area (TPSA) is 41.3 Å². The maximum absolute atomic E-state index is 6.19. The molecule has 1 aromatic rings. The zero-order valence-electron chi connectivity index (χ0n) is 11.9. The zero-order valence-corrected chi connectivity index (χ0v) is 12.6. The van der Waals surface area contributed by atoms with Crippen LogP contribution in [0.4, 0.5) is 5.69 Å². The Labute approximate surface area is 121 Å². The van der Waals surface area contributed by atoms with E-state index in [1.807, 2.05) is 13.0 Å². The molecule has 3 N–H and O–H groups in total. The van der Waals surface area contributed by atoms with Gasteiger partial charge < -0.3 is 16.0 Å². The molecule has 0 atom stereocenters. The second-order valence-electron chi connectivity index (χ2n) is 5.51. The van der Waals surface area contributed by atoms with Crippen molar-refractivity contribution in [3.63, 3.8) is 0 Å². The van der Waals surface area contributed by atoms with Crippen LogP contribution in [0.25, 0.3) is 0 Å². The maximum Gasteiger partial charge on any atom is 0.0520 e. The van der Waals surface area contributed by atoms with Gasteiger partial charge in [0.2, 0.25) is 0 Å². The summed E-state index contributed by atoms with van der Waals surface area (Å²) in [6, 6.07) is 6.14. The van der Waals surface area contributed by atoms with Gasteiger partial charge in [0.1, 0.15) is 0 Å². The first-order valence-electron chi connectivity index (χ1n) is 7.05. The van der Waals surface area contributed by atoms with Gasteiger partial charge in [0, 0.05) is 30.3 Å². The van der Waals surface area contributed by atoms with Crippen LogP contribution in [-0.4, -0.2) is 36.6 Å². The first-order chi connectivity index (χ1) is 9.08. The highest BCUT2D eigenvalue weighted by atomic mass is 35.5. The fraction of sp³-hybridized carbons (Fsp3) is 0.600. The lowest BCUT2D eigenvalue weighted by molar-refractivity contribution is 0.184. The Morgan fingerprint density at radius 2 is 2.05 bits per heavy atom. The maximum atomic E-state index is 6.19. The Bertz CT molecular complexity index is 425. The molecule has 1 aromatic carbocycles. The molecule has 0 spiro atoms. The summed E-state index contributed by atoms with van der Waals surface area (Å²) in [6.07, 6.45) is 2.17. The van der Waals surface area contributed by atoms with Crippen molar-refractivity contribution in [1.82, 2.24) is 4.90 Å². The van der Waals surface area contributed by atoms with E-state index in [0.717, 1.165) is 48.7 Å². The minimum Gasteiger partial charge on any atom is -0.378 e. The number of benzene rings is 1. The molecule has 0 unspecified atom stereocenters. The minimum absolute atomic E-state index is 0.0181. The van der Waals surface area contributed by atoms with Crippen molar-refractivity contribution < 1.29 is 0 Å². The summed E-state index contributed by atoms with van der Waals surface area (Å²) >= 11 is 6.19. The molecule has 0 amide bonds. The Hall–Kier alpha value is -0.770. The van der Waals surface area contributed by atoms with Gasteiger partial charge in [-0.3, -0.25) is 0 Å². The highest BCUT2D eigenvalue weighted by Crippen LogP contribution is 2.28. The van der Waals surface area contributed by atoms with Gasteiger partial charge in [-0.05, 0) is 44.0 Å². The number of rotatable bonds is 4. The van der Waals surface area contributed by atoms with Gasteiger partial charge in [0.25, 0.3) is 0 Å². The van der Waals surface area contributed by atoms with Crippen LogP contribution < -0.4 is 11.1 Å². The number of nitrogens with one attached hydrogen (secondary N) is 1. The lowest BCUT2D eigenvalue weighted by atomic mass is 9.87. The van der Waals surface area contributed by atoms with Crippen LogP contribution in [0, 0.1) is 6.92 Å². The monoisotopic (exact) mass is 281 g/mol. The number of hydrogen-bond donors (Lipinski definition) is 2. The first kappa shape index (κ1) is 14.6. The van der Waals surface area contributed by atoms with Crippen molar-refractivity contribution in [3.8, 4) is 0 Å². The molecular formula is C15H24ClN3. The third-order valence-electron chi connectivity index (χ3n) is 4.23. The molecule has 0 bridgehead atoms. The van der Waals surface area contributed by atoms with Gasteiger partial charge in [-0.15, -0.1) is 0 Å². The molecule has 0 radical (unpaired) electrons. The smallest absolute Gasteiger partial charge is 0.0520 e. The minimum atomic E-state index is 0.0181. The number of piperidine rings is 1. The number of nitrogens with two attached hydrogens (primary N) is 1. The van der Waals surface area contributed by atoms with E-state index in [-0.39, 0.29) is 5.54 Å². The van der Waals surface area contributed by atoms with Gasteiger partial charge in [-0.25, -0.2) is 0 Å². The molecule has 0 aliphatic carbocycles. The van der Waals surface area contributed by atoms with Crippen molar-refractivity contribution in [3.05, 3.63) is 28.8 Å². The van der Waals surface area contributed by atoms with Crippen LogP contribution in [-0.2, 0) is 0 Å². The fourth-order valence-corrected chi connectivity index (χ4v) is 2.83. The Morgan fingerprint density at radius 1 is 1.37 bits per heavy atom. The van der Waals surface area contributed by atoms with Gasteiger partial charge in [0.15, 0.2) is 0 Å². The van der Waals surface area contributed by atoms with Crippen LogP contribution in [0.5, 0.6) is 0 Å². The molecule has 4 heteroatoms. The van der Waals surface area contributed by atoms with Gasteiger partial charge >= 0.3 is 0 Å². The Kier molecular flexibility index (Phi) is 4.71. The van der Waals surface area contributed by atoms with Crippen LogP contribution in [0.3, 0.4) is 0 Å². The number of aryl methyl sites for hydroxylation is 1. The van der Waals surface area contributed by atoms with Gasteiger partial charge in [0.05, 0.1) is 5.54 Å². The van der Waals surface area contributed by atoms with Crippen LogP contribution >= 0.6 is 11.6 Å². The number of nitrogens with zero attached hydrogens (tertiary/aromatic N) is 1. The summed E-state index contributed by atoms with van der Waals surface area (Å²) in [5.41, 5.74) is 8.23. The molecule has 1 aliphatic rings. The molecule has 1 aliphatic heterocycles. The van der Waals surface area contributed by atoms with Gasteiger partial charge in [-0.1, -0.05) is 24.6 Å². The number of halogens is 1. The van der Waals surface area contributed by atoms with Gasteiger partial charge in [-0.2, -0.15) is 0 Å². The molecular weight excluding hydrogens is 258 g/mol. The third kappa shape index (κ3) is 3.41. The normalized spacial score (nSPS) is 19.4. The van der Waals surface area contributed by atoms with E-state index in [2.05, 4.69) is 29.3 Å². The van der Waals surface area contributed by atoms with Crippen LogP contribution in [0.1, 0.15) is 25.3 Å². The van der Waals surface area contributed by atoms with Crippen molar-refractivity contribution in [2.24, 2.45) is 5.73 Å². The predicted molar refractivity (Wildman–Crippen MR) is 82.9 cm³/mol.